The fraction of sp³-hybridized carbons (Fsp3) is 0.650. The Balaban J connectivity index is 1.33. The molecule has 0 radical (unpaired) electrons. The molecule has 1 aliphatic heterocycles. The summed E-state index contributed by atoms with van der Waals surface area (Å²) in [6.45, 7) is 3.39. The number of nitro groups is 1. The average molecular weight is 392 g/mol. The van der Waals surface area contributed by atoms with Crippen LogP contribution < -0.4 is 5.32 Å². The minimum Gasteiger partial charge on any atom is -0.353 e. The second-order valence-electron chi connectivity index (χ2n) is 7.69. The molecular weight excluding hydrogens is 362 g/mol. The molecule has 1 amide bonds. The van der Waals surface area contributed by atoms with E-state index in [0.29, 0.717) is 5.75 Å². The zero-order valence-electron chi connectivity index (χ0n) is 15.8. The molecule has 27 heavy (non-hydrogen) atoms. The molecule has 1 aliphatic carbocycles. The minimum atomic E-state index is -0.415. The number of carbonyl (C=O) groups is 1. The molecule has 1 N–H and O–H groups in total. The Bertz CT molecular complexity index is 624. The molecule has 0 aromatic heterocycles. The molecule has 0 spiro atoms. The van der Waals surface area contributed by atoms with Crippen LogP contribution in [0, 0.1) is 16.0 Å². The summed E-state index contributed by atoms with van der Waals surface area (Å²) in [4.78, 5) is 25.9. The molecule has 2 fully saturated rings. The molecule has 2 aliphatic rings. The zero-order chi connectivity index (χ0) is 19.1. The summed E-state index contributed by atoms with van der Waals surface area (Å²) in [6, 6.07) is 6.61. The zero-order valence-corrected chi connectivity index (χ0v) is 16.6. The standard InChI is InChI=1S/C20H29N3O3S/c24-20(15-27-19-8-6-18(7-9-19)23(25)26)21-17-10-12-22(13-11-17)14-16-4-2-1-3-5-16/h6-9,16-17H,1-5,10-15H2,(H,21,24). The largest absolute Gasteiger partial charge is 0.353 e. The van der Waals surface area contributed by atoms with Gasteiger partial charge in [-0.05, 0) is 43.7 Å². The van der Waals surface area contributed by atoms with Gasteiger partial charge in [0.05, 0.1) is 10.7 Å². The van der Waals surface area contributed by atoms with E-state index < -0.39 is 4.92 Å². The van der Waals surface area contributed by atoms with Crippen molar-refractivity contribution in [3.05, 3.63) is 34.4 Å². The van der Waals surface area contributed by atoms with E-state index in [1.165, 1.54) is 62.5 Å². The molecule has 3 rings (SSSR count). The maximum absolute atomic E-state index is 12.2. The van der Waals surface area contributed by atoms with Gasteiger partial charge < -0.3 is 10.2 Å². The molecule has 0 atom stereocenters. The first-order valence-electron chi connectivity index (χ1n) is 9.99. The van der Waals surface area contributed by atoms with E-state index in [4.69, 9.17) is 0 Å². The molecule has 1 aromatic rings. The van der Waals surface area contributed by atoms with Crippen LogP contribution in [0.3, 0.4) is 0 Å². The predicted molar refractivity (Wildman–Crippen MR) is 108 cm³/mol. The summed E-state index contributed by atoms with van der Waals surface area (Å²) in [7, 11) is 0. The van der Waals surface area contributed by atoms with Crippen LogP contribution >= 0.6 is 11.8 Å². The monoisotopic (exact) mass is 391 g/mol. The third-order valence-corrected chi connectivity index (χ3v) is 6.62. The molecule has 0 unspecified atom stereocenters. The summed E-state index contributed by atoms with van der Waals surface area (Å²) in [6.07, 6.45) is 9.02. The number of non-ortho nitro benzene ring substituents is 1. The lowest BCUT2D eigenvalue weighted by Gasteiger charge is -2.35. The van der Waals surface area contributed by atoms with E-state index in [9.17, 15) is 14.9 Å². The fourth-order valence-electron chi connectivity index (χ4n) is 4.08. The van der Waals surface area contributed by atoms with Crippen LogP contribution in [-0.2, 0) is 4.79 Å². The number of carbonyl (C=O) groups excluding carboxylic acids is 1. The summed E-state index contributed by atoms with van der Waals surface area (Å²) in [5, 5.41) is 13.8. The highest BCUT2D eigenvalue weighted by Gasteiger charge is 2.23. The van der Waals surface area contributed by atoms with Crippen molar-refractivity contribution in [2.45, 2.75) is 55.9 Å². The number of likely N-dealkylation sites (tertiary alicyclic amines) is 1. The number of amides is 1. The van der Waals surface area contributed by atoms with Crippen molar-refractivity contribution in [2.24, 2.45) is 5.92 Å². The molecular formula is C20H29N3O3S. The molecule has 1 heterocycles. The summed E-state index contributed by atoms with van der Waals surface area (Å²) in [5.74, 6) is 1.27. The highest BCUT2D eigenvalue weighted by atomic mass is 32.2. The van der Waals surface area contributed by atoms with Crippen LogP contribution in [-0.4, -0.2) is 47.2 Å². The molecule has 1 saturated heterocycles. The van der Waals surface area contributed by atoms with Crippen LogP contribution in [0.25, 0.3) is 0 Å². The van der Waals surface area contributed by atoms with E-state index >= 15 is 0 Å². The molecule has 148 valence electrons. The Morgan fingerprint density at radius 1 is 1.11 bits per heavy atom. The van der Waals surface area contributed by atoms with Crippen molar-refractivity contribution in [3.63, 3.8) is 0 Å². The third kappa shape index (κ3) is 6.50. The van der Waals surface area contributed by atoms with Gasteiger partial charge in [0, 0.05) is 42.7 Å². The van der Waals surface area contributed by atoms with Gasteiger partial charge in [0.1, 0.15) is 0 Å². The second-order valence-corrected chi connectivity index (χ2v) is 8.73. The van der Waals surface area contributed by atoms with E-state index in [0.717, 1.165) is 36.7 Å². The topological polar surface area (TPSA) is 75.5 Å². The van der Waals surface area contributed by atoms with Crippen LogP contribution in [0.1, 0.15) is 44.9 Å². The SMILES string of the molecule is O=C(CSc1ccc([N+](=O)[O-])cc1)NC1CCN(CC2CCCCC2)CC1. The second kappa shape index (κ2) is 10.1. The van der Waals surface area contributed by atoms with Gasteiger partial charge in [-0.25, -0.2) is 0 Å². The van der Waals surface area contributed by atoms with Gasteiger partial charge in [0.15, 0.2) is 0 Å². The van der Waals surface area contributed by atoms with Gasteiger partial charge in [0.2, 0.25) is 5.91 Å². The highest BCUT2D eigenvalue weighted by molar-refractivity contribution is 8.00. The molecule has 7 heteroatoms. The molecule has 6 nitrogen and oxygen atoms in total. The van der Waals surface area contributed by atoms with Gasteiger partial charge in [-0.1, -0.05) is 19.3 Å². The lowest BCUT2D eigenvalue weighted by Crippen LogP contribution is -2.46. The van der Waals surface area contributed by atoms with E-state index in [1.54, 1.807) is 12.1 Å². The Hall–Kier alpha value is -1.60. The Kier molecular flexibility index (Phi) is 7.52. The van der Waals surface area contributed by atoms with E-state index in [1.807, 2.05) is 0 Å². The smallest absolute Gasteiger partial charge is 0.269 e. The molecule has 1 saturated carbocycles. The number of piperidine rings is 1. The molecule has 1 aromatic carbocycles. The van der Waals surface area contributed by atoms with Crippen LogP contribution in [0.5, 0.6) is 0 Å². The Labute approximate surface area is 165 Å². The third-order valence-electron chi connectivity index (χ3n) is 5.61. The normalized spacial score (nSPS) is 19.7. The van der Waals surface area contributed by atoms with Crippen molar-refractivity contribution in [1.82, 2.24) is 10.2 Å². The maximum Gasteiger partial charge on any atom is 0.269 e. The fourth-order valence-corrected chi connectivity index (χ4v) is 4.79. The van der Waals surface area contributed by atoms with Crippen molar-refractivity contribution in [3.8, 4) is 0 Å². The first kappa shape index (κ1) is 20.1. The molecule has 0 bridgehead atoms. The van der Waals surface area contributed by atoms with Crippen molar-refractivity contribution in [1.29, 1.82) is 0 Å². The number of hydrogen-bond donors (Lipinski definition) is 1. The summed E-state index contributed by atoms with van der Waals surface area (Å²) < 4.78 is 0. The quantitative estimate of drug-likeness (QED) is 0.434. The number of nitro benzene ring substituents is 1. The number of rotatable bonds is 7. The van der Waals surface area contributed by atoms with Gasteiger partial charge in [0.25, 0.3) is 5.69 Å². The maximum atomic E-state index is 12.2. The minimum absolute atomic E-state index is 0.0454. The first-order valence-corrected chi connectivity index (χ1v) is 11.0. The van der Waals surface area contributed by atoms with Gasteiger partial charge in [-0.2, -0.15) is 0 Å². The van der Waals surface area contributed by atoms with Crippen molar-refractivity contribution >= 4 is 23.4 Å². The summed E-state index contributed by atoms with van der Waals surface area (Å²) >= 11 is 1.42. The average Bonchev–Trinajstić information content (AvgIpc) is 2.69. The van der Waals surface area contributed by atoms with Crippen molar-refractivity contribution < 1.29 is 9.72 Å². The van der Waals surface area contributed by atoms with Crippen LogP contribution in [0.2, 0.25) is 0 Å². The lowest BCUT2D eigenvalue weighted by molar-refractivity contribution is -0.384. The van der Waals surface area contributed by atoms with Gasteiger partial charge in [-0.15, -0.1) is 11.8 Å². The highest BCUT2D eigenvalue weighted by Crippen LogP contribution is 2.25. The Morgan fingerprint density at radius 3 is 2.41 bits per heavy atom. The predicted octanol–water partition coefficient (Wildman–Crippen LogP) is 3.85. The first-order chi connectivity index (χ1) is 13.1. The van der Waals surface area contributed by atoms with Crippen LogP contribution in [0.4, 0.5) is 5.69 Å². The number of nitrogens with one attached hydrogen (secondary N) is 1. The summed E-state index contributed by atoms with van der Waals surface area (Å²) in [5.41, 5.74) is 0.0730. The number of thioether (sulfide) groups is 1. The van der Waals surface area contributed by atoms with Crippen molar-refractivity contribution in [2.75, 3.05) is 25.4 Å². The lowest BCUT2D eigenvalue weighted by atomic mass is 9.88. The number of hydrogen-bond acceptors (Lipinski definition) is 5. The Morgan fingerprint density at radius 2 is 1.78 bits per heavy atom. The van der Waals surface area contributed by atoms with E-state index in [-0.39, 0.29) is 17.6 Å². The van der Waals surface area contributed by atoms with Crippen LogP contribution in [0.15, 0.2) is 29.2 Å². The van der Waals surface area contributed by atoms with Gasteiger partial charge >= 0.3 is 0 Å². The van der Waals surface area contributed by atoms with E-state index in [2.05, 4.69) is 10.2 Å². The number of benzene rings is 1. The number of nitrogens with zero attached hydrogens (tertiary/aromatic N) is 2. The van der Waals surface area contributed by atoms with Gasteiger partial charge in [-0.3, -0.25) is 14.9 Å².